The van der Waals surface area contributed by atoms with Crippen molar-refractivity contribution in [3.05, 3.63) is 34.0 Å². The van der Waals surface area contributed by atoms with Crippen LogP contribution in [0.4, 0.5) is 11.4 Å². The number of hydrogen-bond donors (Lipinski definition) is 2. The molecular formula is C6H8N2O3. The highest BCUT2D eigenvalue weighted by Gasteiger charge is 1.85. The summed E-state index contributed by atoms with van der Waals surface area (Å²) in [4.78, 5) is 7.88. The first-order chi connectivity index (χ1) is 5.22. The van der Waals surface area contributed by atoms with Crippen molar-refractivity contribution in [1.29, 1.82) is 0 Å². The van der Waals surface area contributed by atoms with Gasteiger partial charge < -0.3 is 11.5 Å². The van der Waals surface area contributed by atoms with Crippen LogP contribution < -0.4 is 16.7 Å². The SMILES string of the molecule is Nc1ccccc1N.O=[O+][O-]. The standard InChI is InChI=1S/C6H8N2.O3/c7-5-3-1-2-4-6(5)8;1-3-2/h1-4H,7-8H2;. The van der Waals surface area contributed by atoms with Gasteiger partial charge in [-0.15, -0.1) is 0 Å². The average Bonchev–Trinajstić information content (AvgIpc) is 1.97. The topological polar surface area (TPSA) is 103 Å². The maximum atomic E-state index is 7.88. The van der Waals surface area contributed by atoms with Gasteiger partial charge in [-0.3, -0.25) is 0 Å². The Morgan fingerprint density at radius 2 is 1.45 bits per heavy atom. The molecule has 4 N–H and O–H groups in total. The number of anilines is 2. The lowest BCUT2D eigenvalue weighted by Crippen LogP contribution is -1.91. The number of benzene rings is 1. The highest BCUT2D eigenvalue weighted by molar-refractivity contribution is 5.62. The monoisotopic (exact) mass is 156 g/mol. The fourth-order valence-electron chi connectivity index (χ4n) is 0.511. The summed E-state index contributed by atoms with van der Waals surface area (Å²) < 4.78 is 1.75. The Balaban J connectivity index is 0.000000292. The fraction of sp³-hybridized carbons (Fsp3) is 0. The number of nitrogens with two attached hydrogens (primary N) is 2. The first-order valence-corrected chi connectivity index (χ1v) is 2.74. The van der Waals surface area contributed by atoms with Gasteiger partial charge in [-0.25, -0.2) is 0 Å². The lowest BCUT2D eigenvalue weighted by atomic mass is 10.3. The van der Waals surface area contributed by atoms with Crippen LogP contribution in [0.3, 0.4) is 0 Å². The second-order valence-corrected chi connectivity index (χ2v) is 1.70. The molecule has 0 radical (unpaired) electrons. The van der Waals surface area contributed by atoms with Crippen molar-refractivity contribution in [2.75, 3.05) is 11.5 Å². The first kappa shape index (κ1) is 9.22. The van der Waals surface area contributed by atoms with E-state index in [4.69, 9.17) is 21.7 Å². The molecule has 1 aromatic carbocycles. The molecule has 0 unspecified atom stereocenters. The summed E-state index contributed by atoms with van der Waals surface area (Å²) in [7, 11) is 0. The molecule has 1 rings (SSSR count). The van der Waals surface area contributed by atoms with Crippen LogP contribution in [-0.2, 0) is 0 Å². The molecule has 0 atom stereocenters. The van der Waals surface area contributed by atoms with Crippen LogP contribution in [-0.4, -0.2) is 0 Å². The molecule has 0 heterocycles. The van der Waals surface area contributed by atoms with Gasteiger partial charge in [0.05, 0.1) is 11.4 Å². The predicted octanol–water partition coefficient (Wildman–Crippen LogP) is -0.271. The number of para-hydroxylation sites is 2. The third-order valence-electron chi connectivity index (χ3n) is 0.996. The number of nitrogen functional groups attached to an aromatic ring is 2. The molecule has 0 aliphatic heterocycles. The van der Waals surface area contributed by atoms with Crippen LogP contribution in [0.15, 0.2) is 24.3 Å². The van der Waals surface area contributed by atoms with Gasteiger partial charge in [0.25, 0.3) is 0 Å². The van der Waals surface area contributed by atoms with Crippen molar-refractivity contribution in [3.8, 4) is 0 Å². The third-order valence-corrected chi connectivity index (χ3v) is 0.996. The summed E-state index contributed by atoms with van der Waals surface area (Å²) in [5, 5.41) is 7.88. The highest BCUT2D eigenvalue weighted by atomic mass is 17.2. The molecule has 0 bridgehead atoms. The predicted molar refractivity (Wildman–Crippen MR) is 42.0 cm³/mol. The molecule has 0 aliphatic rings. The Hall–Kier alpha value is -1.78. The molecule has 0 amide bonds. The Labute approximate surface area is 63.1 Å². The minimum Gasteiger partial charge on any atom is -0.397 e. The third kappa shape index (κ3) is 3.74. The van der Waals surface area contributed by atoms with Crippen molar-refractivity contribution in [2.24, 2.45) is 0 Å². The molecule has 0 fully saturated rings. The Morgan fingerprint density at radius 1 is 1.18 bits per heavy atom. The number of rotatable bonds is 0. The van der Waals surface area contributed by atoms with Gasteiger partial charge in [0.2, 0.25) is 0 Å². The quantitative estimate of drug-likeness (QED) is 0.233. The lowest BCUT2D eigenvalue weighted by molar-refractivity contribution is -0.284. The maximum Gasteiger partial charge on any atom is 0.154 e. The highest BCUT2D eigenvalue weighted by Crippen LogP contribution is 2.10. The van der Waals surface area contributed by atoms with E-state index in [1.165, 1.54) is 0 Å². The second-order valence-electron chi connectivity index (χ2n) is 1.70. The van der Waals surface area contributed by atoms with Crippen LogP contribution in [0.25, 0.3) is 0 Å². The largest absolute Gasteiger partial charge is 0.397 e. The van der Waals surface area contributed by atoms with Crippen molar-refractivity contribution in [3.63, 3.8) is 0 Å². The van der Waals surface area contributed by atoms with E-state index in [0.717, 1.165) is 0 Å². The van der Waals surface area contributed by atoms with Crippen molar-refractivity contribution < 1.29 is 5.26 Å². The summed E-state index contributed by atoms with van der Waals surface area (Å²) in [6.07, 6.45) is 0. The molecule has 1 aromatic rings. The van der Waals surface area contributed by atoms with Gasteiger partial charge in [0.15, 0.2) is 4.75 Å². The van der Waals surface area contributed by atoms with Crippen LogP contribution >= 0.6 is 0 Å². The molecular weight excluding hydrogens is 148 g/mol. The van der Waals surface area contributed by atoms with Crippen LogP contribution in [0.1, 0.15) is 0 Å². The van der Waals surface area contributed by atoms with E-state index in [2.05, 4.69) is 0 Å². The van der Waals surface area contributed by atoms with Crippen molar-refractivity contribution in [2.45, 2.75) is 0 Å². The zero-order valence-electron chi connectivity index (χ0n) is 5.69. The van der Waals surface area contributed by atoms with Crippen LogP contribution in [0, 0.1) is 9.71 Å². The molecule has 5 heteroatoms. The summed E-state index contributed by atoms with van der Waals surface area (Å²) in [6.45, 7) is 0. The van der Waals surface area contributed by atoms with E-state index in [1.54, 1.807) is 16.9 Å². The van der Waals surface area contributed by atoms with Crippen LogP contribution in [0.2, 0.25) is 0 Å². The van der Waals surface area contributed by atoms with Crippen molar-refractivity contribution >= 4 is 11.4 Å². The van der Waals surface area contributed by atoms with E-state index in [1.807, 2.05) is 12.1 Å². The molecule has 0 aromatic heterocycles. The van der Waals surface area contributed by atoms with Gasteiger partial charge in [-0.1, -0.05) is 22.4 Å². The van der Waals surface area contributed by atoms with E-state index in [0.29, 0.717) is 11.4 Å². The summed E-state index contributed by atoms with van der Waals surface area (Å²) in [5.74, 6) is 0. The molecule has 0 spiro atoms. The van der Waals surface area contributed by atoms with Crippen LogP contribution in [0.5, 0.6) is 0 Å². The molecule has 0 saturated carbocycles. The van der Waals surface area contributed by atoms with Crippen molar-refractivity contribution in [1.82, 2.24) is 0 Å². The zero-order valence-corrected chi connectivity index (χ0v) is 5.69. The van der Waals surface area contributed by atoms with E-state index in [-0.39, 0.29) is 0 Å². The fourth-order valence-corrected chi connectivity index (χ4v) is 0.511. The molecule has 60 valence electrons. The zero-order chi connectivity index (χ0) is 8.69. The first-order valence-electron chi connectivity index (χ1n) is 2.74. The minimum atomic E-state index is 0.646. The van der Waals surface area contributed by atoms with Gasteiger partial charge in [0, 0.05) is 0 Å². The molecule has 5 nitrogen and oxygen atoms in total. The van der Waals surface area contributed by atoms with Gasteiger partial charge >= 0.3 is 0 Å². The normalized spacial score (nSPS) is 7.64. The summed E-state index contributed by atoms with van der Waals surface area (Å²) in [6, 6.07) is 7.25. The number of hydrogen-bond acceptors (Lipinski definition) is 4. The lowest BCUT2D eigenvalue weighted by Gasteiger charge is -1.94. The van der Waals surface area contributed by atoms with E-state index in [9.17, 15) is 0 Å². The van der Waals surface area contributed by atoms with E-state index >= 15 is 0 Å². The summed E-state index contributed by atoms with van der Waals surface area (Å²) >= 11 is 0. The second kappa shape index (κ2) is 5.04. The minimum absolute atomic E-state index is 0.646. The van der Waals surface area contributed by atoms with Gasteiger partial charge in [-0.05, 0) is 12.1 Å². The Kier molecular flexibility index (Phi) is 4.22. The Bertz CT molecular complexity index is 206. The summed E-state index contributed by atoms with van der Waals surface area (Å²) in [5.41, 5.74) is 12.1. The molecule has 11 heavy (non-hydrogen) atoms. The molecule has 0 saturated heterocycles. The smallest absolute Gasteiger partial charge is 0.154 e. The molecule has 0 aliphatic carbocycles. The Morgan fingerprint density at radius 3 is 1.64 bits per heavy atom. The van der Waals surface area contributed by atoms with Gasteiger partial charge in [0.1, 0.15) is 0 Å². The van der Waals surface area contributed by atoms with Gasteiger partial charge in [-0.2, -0.15) is 0 Å². The van der Waals surface area contributed by atoms with E-state index < -0.39 is 0 Å². The average molecular weight is 156 g/mol. The maximum absolute atomic E-state index is 7.88.